The Balaban J connectivity index is 2.22. The van der Waals surface area contributed by atoms with Crippen LogP contribution < -0.4 is 10.5 Å². The molecule has 1 aromatic carbocycles. The molecule has 0 unspecified atom stereocenters. The first-order valence-electron chi connectivity index (χ1n) is 5.06. The lowest BCUT2D eigenvalue weighted by Crippen LogP contribution is -2.06. The molecular formula is C12H10BrNO3S. The van der Waals surface area contributed by atoms with Crippen LogP contribution in [-0.2, 0) is 6.61 Å². The Bertz CT molecular complexity index is 582. The van der Waals surface area contributed by atoms with Gasteiger partial charge in [0.2, 0.25) is 0 Å². The van der Waals surface area contributed by atoms with E-state index in [1.807, 2.05) is 11.4 Å². The van der Waals surface area contributed by atoms with Gasteiger partial charge >= 0.3 is 5.97 Å². The lowest BCUT2D eigenvalue weighted by atomic mass is 10.1. The molecule has 0 aliphatic carbocycles. The molecule has 0 radical (unpaired) electrons. The number of ether oxygens (including phenoxy) is 1. The van der Waals surface area contributed by atoms with Gasteiger partial charge in [0, 0.05) is 10.2 Å². The van der Waals surface area contributed by atoms with Crippen LogP contribution in [0.5, 0.6) is 5.75 Å². The summed E-state index contributed by atoms with van der Waals surface area (Å²) in [6.07, 6.45) is 0. The number of carbonyl (C=O) groups is 1. The quantitative estimate of drug-likeness (QED) is 0.844. The van der Waals surface area contributed by atoms with Crippen molar-refractivity contribution in [2.45, 2.75) is 6.61 Å². The maximum Gasteiger partial charge on any atom is 0.341 e. The van der Waals surface area contributed by atoms with E-state index in [2.05, 4.69) is 15.9 Å². The molecule has 2 rings (SSSR count). The first kappa shape index (κ1) is 12.9. The third-order valence-electron chi connectivity index (χ3n) is 2.32. The van der Waals surface area contributed by atoms with Crippen LogP contribution in [0, 0.1) is 0 Å². The average molecular weight is 328 g/mol. The zero-order valence-corrected chi connectivity index (χ0v) is 11.6. The molecule has 1 aromatic heterocycles. The highest BCUT2D eigenvalue weighted by Gasteiger charge is 2.15. The number of hydrogen-bond acceptors (Lipinski definition) is 4. The van der Waals surface area contributed by atoms with Gasteiger partial charge < -0.3 is 15.6 Å². The lowest BCUT2D eigenvalue weighted by Gasteiger charge is -2.10. The van der Waals surface area contributed by atoms with Crippen LogP contribution in [0.4, 0.5) is 5.69 Å². The highest BCUT2D eigenvalue weighted by Crippen LogP contribution is 2.28. The first-order chi connectivity index (χ1) is 8.59. The molecule has 94 valence electrons. The van der Waals surface area contributed by atoms with Crippen LogP contribution in [0.15, 0.2) is 34.1 Å². The molecule has 1 heterocycles. The van der Waals surface area contributed by atoms with Crippen LogP contribution in [0.2, 0.25) is 0 Å². The van der Waals surface area contributed by atoms with Gasteiger partial charge in [-0.05, 0) is 39.5 Å². The standard InChI is InChI=1S/C12H10BrNO3S/c13-7-4-5-18-10(7)6-17-9-3-1-2-8(14)11(9)12(15)16/h1-5H,6,14H2,(H,15,16). The summed E-state index contributed by atoms with van der Waals surface area (Å²) in [6.45, 7) is 0.308. The van der Waals surface area contributed by atoms with E-state index in [0.29, 0.717) is 6.61 Å². The summed E-state index contributed by atoms with van der Waals surface area (Å²) in [7, 11) is 0. The summed E-state index contributed by atoms with van der Waals surface area (Å²) in [4.78, 5) is 12.1. The Hall–Kier alpha value is -1.53. The Morgan fingerprint density at radius 2 is 2.22 bits per heavy atom. The van der Waals surface area contributed by atoms with Gasteiger partial charge in [-0.25, -0.2) is 4.79 Å². The minimum absolute atomic E-state index is 0.00479. The largest absolute Gasteiger partial charge is 0.487 e. The lowest BCUT2D eigenvalue weighted by molar-refractivity contribution is 0.0693. The van der Waals surface area contributed by atoms with Crippen molar-refractivity contribution in [1.82, 2.24) is 0 Å². The van der Waals surface area contributed by atoms with Gasteiger partial charge in [0.25, 0.3) is 0 Å². The van der Waals surface area contributed by atoms with Crippen LogP contribution in [0.1, 0.15) is 15.2 Å². The molecule has 0 aliphatic heterocycles. The SMILES string of the molecule is Nc1cccc(OCc2sccc2Br)c1C(=O)O. The van der Waals surface area contributed by atoms with Gasteiger partial charge in [-0.15, -0.1) is 11.3 Å². The van der Waals surface area contributed by atoms with Crippen molar-refractivity contribution in [2.75, 3.05) is 5.73 Å². The van der Waals surface area contributed by atoms with Gasteiger partial charge in [0.1, 0.15) is 17.9 Å². The normalized spacial score (nSPS) is 10.3. The molecule has 0 fully saturated rings. The Kier molecular flexibility index (Phi) is 3.88. The van der Waals surface area contributed by atoms with E-state index < -0.39 is 5.97 Å². The van der Waals surface area contributed by atoms with Crippen molar-refractivity contribution in [3.05, 3.63) is 44.6 Å². The minimum atomic E-state index is -1.09. The second-order valence-electron chi connectivity index (χ2n) is 3.51. The van der Waals surface area contributed by atoms with E-state index >= 15 is 0 Å². The number of carboxylic acid groups (broad SMARTS) is 1. The zero-order valence-electron chi connectivity index (χ0n) is 9.22. The van der Waals surface area contributed by atoms with Crippen molar-refractivity contribution in [1.29, 1.82) is 0 Å². The predicted molar refractivity (Wildman–Crippen MR) is 74.2 cm³/mol. The number of aromatic carboxylic acids is 1. The molecule has 2 aromatic rings. The molecule has 0 atom stereocenters. The molecule has 4 nitrogen and oxygen atoms in total. The molecule has 0 amide bonds. The van der Waals surface area contributed by atoms with Crippen LogP contribution in [0.25, 0.3) is 0 Å². The summed E-state index contributed by atoms with van der Waals surface area (Å²) in [5.41, 5.74) is 5.84. The van der Waals surface area contributed by atoms with Crippen molar-refractivity contribution in [2.24, 2.45) is 0 Å². The van der Waals surface area contributed by atoms with Crippen LogP contribution >= 0.6 is 27.3 Å². The highest BCUT2D eigenvalue weighted by atomic mass is 79.9. The summed E-state index contributed by atoms with van der Waals surface area (Å²) in [5.74, 6) is -0.809. The fourth-order valence-corrected chi connectivity index (χ4v) is 2.85. The van der Waals surface area contributed by atoms with Crippen LogP contribution in [0.3, 0.4) is 0 Å². The molecule has 0 bridgehead atoms. The number of hydrogen-bond donors (Lipinski definition) is 2. The monoisotopic (exact) mass is 327 g/mol. The highest BCUT2D eigenvalue weighted by molar-refractivity contribution is 9.10. The maximum absolute atomic E-state index is 11.1. The van der Waals surface area contributed by atoms with Crippen molar-refractivity contribution >= 4 is 38.9 Å². The van der Waals surface area contributed by atoms with Crippen molar-refractivity contribution in [3.63, 3.8) is 0 Å². The molecule has 3 N–H and O–H groups in total. The molecule has 0 saturated carbocycles. The first-order valence-corrected chi connectivity index (χ1v) is 6.73. The zero-order chi connectivity index (χ0) is 13.1. The summed E-state index contributed by atoms with van der Waals surface area (Å²) in [5, 5.41) is 11.0. The number of thiophene rings is 1. The second kappa shape index (κ2) is 5.41. The molecule has 0 aliphatic rings. The Morgan fingerprint density at radius 3 is 2.83 bits per heavy atom. The molecule has 0 spiro atoms. The smallest absolute Gasteiger partial charge is 0.341 e. The topological polar surface area (TPSA) is 72.5 Å². The van der Waals surface area contributed by atoms with E-state index in [9.17, 15) is 4.79 Å². The van der Waals surface area contributed by atoms with Gasteiger partial charge in [0.15, 0.2) is 0 Å². The number of nitrogen functional groups attached to an aromatic ring is 1. The van der Waals surface area contributed by atoms with Gasteiger partial charge in [-0.1, -0.05) is 6.07 Å². The van der Waals surface area contributed by atoms with E-state index in [1.165, 1.54) is 17.4 Å². The molecule has 6 heteroatoms. The predicted octanol–water partition coefficient (Wildman–Crippen LogP) is 3.37. The second-order valence-corrected chi connectivity index (χ2v) is 5.36. The van der Waals surface area contributed by atoms with E-state index in [1.54, 1.807) is 12.1 Å². The van der Waals surface area contributed by atoms with Gasteiger partial charge in [-0.2, -0.15) is 0 Å². The van der Waals surface area contributed by atoms with E-state index in [4.69, 9.17) is 15.6 Å². The fraction of sp³-hybridized carbons (Fsp3) is 0.0833. The third-order valence-corrected chi connectivity index (χ3v) is 4.22. The van der Waals surface area contributed by atoms with E-state index in [0.717, 1.165) is 9.35 Å². The molecular weight excluding hydrogens is 318 g/mol. The minimum Gasteiger partial charge on any atom is -0.487 e. The van der Waals surface area contributed by atoms with Crippen molar-refractivity contribution in [3.8, 4) is 5.75 Å². The third kappa shape index (κ3) is 2.65. The summed E-state index contributed by atoms with van der Waals surface area (Å²) < 4.78 is 6.48. The summed E-state index contributed by atoms with van der Waals surface area (Å²) in [6, 6.07) is 6.72. The Labute approximate surface area is 116 Å². The average Bonchev–Trinajstić information content (AvgIpc) is 2.71. The van der Waals surface area contributed by atoms with Gasteiger partial charge in [0.05, 0.1) is 4.88 Å². The number of nitrogens with two attached hydrogens (primary N) is 1. The van der Waals surface area contributed by atoms with Crippen LogP contribution in [-0.4, -0.2) is 11.1 Å². The number of halogens is 1. The summed E-state index contributed by atoms with van der Waals surface area (Å²) >= 11 is 4.93. The maximum atomic E-state index is 11.1. The number of anilines is 1. The fourth-order valence-electron chi connectivity index (χ4n) is 1.47. The number of rotatable bonds is 4. The van der Waals surface area contributed by atoms with Gasteiger partial charge in [-0.3, -0.25) is 0 Å². The molecule has 0 saturated heterocycles. The van der Waals surface area contributed by atoms with E-state index in [-0.39, 0.29) is 17.0 Å². The Morgan fingerprint density at radius 1 is 1.44 bits per heavy atom. The number of carboxylic acids is 1. The van der Waals surface area contributed by atoms with Crippen molar-refractivity contribution < 1.29 is 14.6 Å². The molecule has 18 heavy (non-hydrogen) atoms. The number of benzene rings is 1.